The molecule has 2 aliphatic rings. The monoisotopic (exact) mass is 355 g/mol. The van der Waals surface area contributed by atoms with Gasteiger partial charge in [-0.2, -0.15) is 0 Å². The minimum atomic E-state index is -0.579. The van der Waals surface area contributed by atoms with Crippen LogP contribution in [-0.2, 0) is 0 Å². The number of nitrogens with one attached hydrogen (secondary N) is 1. The van der Waals surface area contributed by atoms with E-state index in [1.54, 1.807) is 0 Å². The number of aliphatic hydroxyl groups is 1. The SMILES string of the molecule is CCNC(=NCC(O)c1ccc(Cl)s1)N1CCC2(CCCC2)C1. The summed E-state index contributed by atoms with van der Waals surface area (Å²) in [6.45, 7) is 5.50. The van der Waals surface area contributed by atoms with Gasteiger partial charge in [-0.15, -0.1) is 11.3 Å². The summed E-state index contributed by atoms with van der Waals surface area (Å²) in [5, 5.41) is 13.7. The molecule has 2 N–H and O–H groups in total. The van der Waals surface area contributed by atoms with Crippen molar-refractivity contribution < 1.29 is 5.11 Å². The Morgan fingerprint density at radius 2 is 2.22 bits per heavy atom. The van der Waals surface area contributed by atoms with Crippen LogP contribution in [0.2, 0.25) is 4.34 Å². The molecule has 2 fully saturated rings. The van der Waals surface area contributed by atoms with E-state index in [1.807, 2.05) is 12.1 Å². The van der Waals surface area contributed by atoms with Crippen molar-refractivity contribution in [3.63, 3.8) is 0 Å². The van der Waals surface area contributed by atoms with Crippen molar-refractivity contribution in [3.05, 3.63) is 21.3 Å². The maximum atomic E-state index is 10.3. The van der Waals surface area contributed by atoms with Crippen LogP contribution in [0.3, 0.4) is 0 Å². The molecule has 6 heteroatoms. The molecule has 1 aromatic heterocycles. The third-order valence-electron chi connectivity index (χ3n) is 5.07. The summed E-state index contributed by atoms with van der Waals surface area (Å²) >= 11 is 7.36. The second kappa shape index (κ2) is 7.41. The van der Waals surface area contributed by atoms with Crippen molar-refractivity contribution in [2.24, 2.45) is 10.4 Å². The molecule has 1 unspecified atom stereocenters. The smallest absolute Gasteiger partial charge is 0.194 e. The van der Waals surface area contributed by atoms with E-state index in [2.05, 4.69) is 22.1 Å². The van der Waals surface area contributed by atoms with E-state index in [1.165, 1.54) is 43.4 Å². The molecule has 0 aromatic carbocycles. The Bertz CT molecular complexity index is 554. The Balaban J connectivity index is 1.64. The third-order valence-corrected chi connectivity index (χ3v) is 6.41. The van der Waals surface area contributed by atoms with Gasteiger partial charge in [0, 0.05) is 24.5 Å². The first kappa shape index (κ1) is 17.1. The minimum Gasteiger partial charge on any atom is -0.386 e. The number of aliphatic hydroxyl groups excluding tert-OH is 1. The summed E-state index contributed by atoms with van der Waals surface area (Å²) < 4.78 is 0.706. The maximum absolute atomic E-state index is 10.3. The van der Waals surface area contributed by atoms with Crippen molar-refractivity contribution in [1.82, 2.24) is 10.2 Å². The Labute approximate surface area is 147 Å². The van der Waals surface area contributed by atoms with Gasteiger partial charge >= 0.3 is 0 Å². The predicted molar refractivity (Wildman–Crippen MR) is 97.4 cm³/mol. The second-order valence-electron chi connectivity index (χ2n) is 6.73. The van der Waals surface area contributed by atoms with Gasteiger partial charge in [-0.3, -0.25) is 4.99 Å². The first-order chi connectivity index (χ1) is 11.1. The van der Waals surface area contributed by atoms with E-state index in [0.717, 1.165) is 30.5 Å². The average molecular weight is 356 g/mol. The molecule has 1 aliphatic heterocycles. The first-order valence-corrected chi connectivity index (χ1v) is 9.78. The molecule has 2 heterocycles. The van der Waals surface area contributed by atoms with Gasteiger partial charge in [-0.05, 0) is 43.7 Å². The molecule has 0 bridgehead atoms. The maximum Gasteiger partial charge on any atom is 0.194 e. The molecule has 1 saturated carbocycles. The third kappa shape index (κ3) is 4.01. The number of hydrogen-bond donors (Lipinski definition) is 2. The minimum absolute atomic E-state index is 0.378. The normalized spacial score (nSPS) is 22.0. The van der Waals surface area contributed by atoms with Crippen molar-refractivity contribution in [2.75, 3.05) is 26.2 Å². The van der Waals surface area contributed by atoms with Crippen LogP contribution in [0.15, 0.2) is 17.1 Å². The van der Waals surface area contributed by atoms with Crippen LogP contribution in [0.1, 0.15) is 50.0 Å². The number of likely N-dealkylation sites (tertiary alicyclic amines) is 1. The van der Waals surface area contributed by atoms with Crippen LogP contribution < -0.4 is 5.32 Å². The zero-order valence-corrected chi connectivity index (χ0v) is 15.3. The molecule has 3 rings (SSSR count). The Morgan fingerprint density at radius 1 is 1.43 bits per heavy atom. The fraction of sp³-hybridized carbons (Fsp3) is 0.706. The predicted octanol–water partition coefficient (Wildman–Crippen LogP) is 3.67. The van der Waals surface area contributed by atoms with E-state index in [9.17, 15) is 5.11 Å². The van der Waals surface area contributed by atoms with Crippen LogP contribution in [0.5, 0.6) is 0 Å². The summed E-state index contributed by atoms with van der Waals surface area (Å²) in [7, 11) is 0. The highest BCUT2D eigenvalue weighted by Crippen LogP contribution is 2.45. The van der Waals surface area contributed by atoms with Gasteiger partial charge in [0.15, 0.2) is 5.96 Å². The topological polar surface area (TPSA) is 47.9 Å². The number of hydrogen-bond acceptors (Lipinski definition) is 3. The number of rotatable bonds is 4. The van der Waals surface area contributed by atoms with Gasteiger partial charge in [-0.1, -0.05) is 24.4 Å². The summed E-state index contributed by atoms with van der Waals surface area (Å²) in [5.74, 6) is 0.943. The molecular weight excluding hydrogens is 330 g/mol. The van der Waals surface area contributed by atoms with E-state index < -0.39 is 6.10 Å². The van der Waals surface area contributed by atoms with Crippen molar-refractivity contribution >= 4 is 28.9 Å². The number of nitrogens with zero attached hydrogens (tertiary/aromatic N) is 2. The Morgan fingerprint density at radius 3 is 2.87 bits per heavy atom. The van der Waals surface area contributed by atoms with Crippen LogP contribution >= 0.6 is 22.9 Å². The second-order valence-corrected chi connectivity index (χ2v) is 8.48. The quantitative estimate of drug-likeness (QED) is 0.640. The number of halogens is 1. The van der Waals surface area contributed by atoms with Crippen LogP contribution in [0.4, 0.5) is 0 Å². The molecule has 0 radical (unpaired) electrons. The average Bonchev–Trinajstić information content (AvgIpc) is 3.26. The lowest BCUT2D eigenvalue weighted by Gasteiger charge is -2.26. The summed E-state index contributed by atoms with van der Waals surface area (Å²) in [4.78, 5) is 7.94. The molecule has 1 aromatic rings. The molecular formula is C17H26ClN3OS. The van der Waals surface area contributed by atoms with Crippen LogP contribution in [0.25, 0.3) is 0 Å². The highest BCUT2D eigenvalue weighted by Gasteiger charge is 2.41. The van der Waals surface area contributed by atoms with Crippen molar-refractivity contribution in [1.29, 1.82) is 0 Å². The number of thiophene rings is 1. The fourth-order valence-electron chi connectivity index (χ4n) is 3.85. The highest BCUT2D eigenvalue weighted by atomic mass is 35.5. The van der Waals surface area contributed by atoms with Gasteiger partial charge in [0.2, 0.25) is 0 Å². The summed E-state index contributed by atoms with van der Waals surface area (Å²) in [5.41, 5.74) is 0.524. The van der Waals surface area contributed by atoms with E-state index in [-0.39, 0.29) is 0 Å². The van der Waals surface area contributed by atoms with Crippen LogP contribution in [-0.4, -0.2) is 42.1 Å². The fourth-order valence-corrected chi connectivity index (χ4v) is 4.88. The van der Waals surface area contributed by atoms with Gasteiger partial charge in [0.25, 0.3) is 0 Å². The van der Waals surface area contributed by atoms with Crippen molar-refractivity contribution in [3.8, 4) is 0 Å². The first-order valence-electron chi connectivity index (χ1n) is 8.58. The Hall–Kier alpha value is -0.780. The number of guanidine groups is 1. The lowest BCUT2D eigenvalue weighted by Crippen LogP contribution is -2.41. The largest absolute Gasteiger partial charge is 0.386 e. The molecule has 1 spiro atoms. The highest BCUT2D eigenvalue weighted by molar-refractivity contribution is 7.16. The molecule has 23 heavy (non-hydrogen) atoms. The molecule has 1 saturated heterocycles. The standard InChI is InChI=1S/C17H26ClN3OS/c1-2-19-16(20-11-13(22)14-5-6-15(18)23-14)21-10-9-17(12-21)7-3-4-8-17/h5-6,13,22H,2-4,7-12H2,1H3,(H,19,20). The number of aliphatic imine (C=N–C) groups is 1. The van der Waals surface area contributed by atoms with Crippen molar-refractivity contribution in [2.45, 2.75) is 45.1 Å². The summed E-state index contributed by atoms with van der Waals surface area (Å²) in [6, 6.07) is 3.70. The van der Waals surface area contributed by atoms with E-state index in [4.69, 9.17) is 11.6 Å². The molecule has 1 aliphatic carbocycles. The van der Waals surface area contributed by atoms with E-state index in [0.29, 0.717) is 16.3 Å². The zero-order chi connectivity index (χ0) is 16.3. The van der Waals surface area contributed by atoms with Gasteiger partial charge in [-0.25, -0.2) is 0 Å². The lowest BCUT2D eigenvalue weighted by atomic mass is 9.86. The molecule has 128 valence electrons. The lowest BCUT2D eigenvalue weighted by molar-refractivity contribution is 0.190. The molecule has 1 atom stereocenters. The molecule has 4 nitrogen and oxygen atoms in total. The van der Waals surface area contributed by atoms with E-state index >= 15 is 0 Å². The zero-order valence-electron chi connectivity index (χ0n) is 13.7. The van der Waals surface area contributed by atoms with Crippen LogP contribution in [0, 0.1) is 5.41 Å². The summed E-state index contributed by atoms with van der Waals surface area (Å²) in [6.07, 6.45) is 6.17. The van der Waals surface area contributed by atoms with Gasteiger partial charge < -0.3 is 15.3 Å². The van der Waals surface area contributed by atoms with Gasteiger partial charge in [0.1, 0.15) is 6.10 Å². The Kier molecular flexibility index (Phi) is 5.49. The van der Waals surface area contributed by atoms with Gasteiger partial charge in [0.05, 0.1) is 10.9 Å². The molecule has 0 amide bonds.